The van der Waals surface area contributed by atoms with Crippen LogP contribution in [0.25, 0.3) is 0 Å². The summed E-state index contributed by atoms with van der Waals surface area (Å²) in [5.41, 5.74) is 5.43. The molecule has 3 aromatic carbocycles. The van der Waals surface area contributed by atoms with Gasteiger partial charge in [-0.05, 0) is 72.9 Å². The molecule has 3 nitrogen and oxygen atoms in total. The Morgan fingerprint density at radius 2 is 1.66 bits per heavy atom. The third kappa shape index (κ3) is 6.21. The van der Waals surface area contributed by atoms with Crippen molar-refractivity contribution in [2.75, 3.05) is 13.7 Å². The number of methoxy groups -OCH3 is 1. The molecule has 0 bridgehead atoms. The molecular formula is C29H35NO2. The van der Waals surface area contributed by atoms with Gasteiger partial charge in [-0.1, -0.05) is 66.7 Å². The Kier molecular flexibility index (Phi) is 7.97. The number of ether oxygens (including phenoxy) is 1. The van der Waals surface area contributed by atoms with Crippen LogP contribution in [-0.2, 0) is 25.8 Å². The van der Waals surface area contributed by atoms with Crippen LogP contribution in [0.3, 0.4) is 0 Å². The summed E-state index contributed by atoms with van der Waals surface area (Å²) in [5, 5.41) is 11.0. The van der Waals surface area contributed by atoms with Gasteiger partial charge in [0, 0.05) is 19.1 Å². The topological polar surface area (TPSA) is 32.7 Å². The maximum absolute atomic E-state index is 11.0. The third-order valence-corrected chi connectivity index (χ3v) is 6.65. The molecule has 32 heavy (non-hydrogen) atoms. The van der Waals surface area contributed by atoms with Gasteiger partial charge < -0.3 is 9.84 Å². The standard InChI is InChI=1S/C29H35NO2/c1-32-29-18-16-25-13-8-14-27(19-26(25)20-29)30(21-24-11-6-3-7-12-24)22-28(31)17-15-23-9-4-2-5-10-23/h2-7,9-12,16,18,20,27-28,31H,8,13-15,17,19,21-22H2,1H3. The van der Waals surface area contributed by atoms with Crippen molar-refractivity contribution >= 4 is 0 Å². The molecule has 3 aromatic rings. The van der Waals surface area contributed by atoms with E-state index in [9.17, 15) is 5.11 Å². The smallest absolute Gasteiger partial charge is 0.119 e. The highest BCUT2D eigenvalue weighted by Gasteiger charge is 2.25. The van der Waals surface area contributed by atoms with Gasteiger partial charge in [0.25, 0.3) is 0 Å². The first kappa shape index (κ1) is 22.6. The van der Waals surface area contributed by atoms with Crippen LogP contribution in [-0.4, -0.2) is 35.8 Å². The fourth-order valence-electron chi connectivity index (χ4n) is 4.86. The van der Waals surface area contributed by atoms with Gasteiger partial charge in [-0.2, -0.15) is 0 Å². The van der Waals surface area contributed by atoms with Crippen LogP contribution >= 0.6 is 0 Å². The number of fused-ring (bicyclic) bond motifs is 1. The van der Waals surface area contributed by atoms with E-state index in [4.69, 9.17) is 4.74 Å². The van der Waals surface area contributed by atoms with E-state index in [1.165, 1.54) is 28.7 Å². The molecule has 168 valence electrons. The highest BCUT2D eigenvalue weighted by molar-refractivity contribution is 5.37. The molecule has 2 atom stereocenters. The predicted molar refractivity (Wildman–Crippen MR) is 131 cm³/mol. The minimum atomic E-state index is -0.341. The first-order valence-corrected chi connectivity index (χ1v) is 11.9. The van der Waals surface area contributed by atoms with Crippen molar-refractivity contribution in [2.24, 2.45) is 0 Å². The molecule has 0 spiro atoms. The van der Waals surface area contributed by atoms with E-state index in [1.807, 2.05) is 6.07 Å². The molecule has 0 aliphatic heterocycles. The zero-order valence-corrected chi connectivity index (χ0v) is 19.1. The lowest BCUT2D eigenvalue weighted by Gasteiger charge is -2.33. The fourth-order valence-corrected chi connectivity index (χ4v) is 4.86. The van der Waals surface area contributed by atoms with Crippen LogP contribution in [0, 0.1) is 0 Å². The monoisotopic (exact) mass is 429 g/mol. The predicted octanol–water partition coefficient (Wildman–Crippen LogP) is 5.44. The van der Waals surface area contributed by atoms with Gasteiger partial charge in [0.1, 0.15) is 5.75 Å². The van der Waals surface area contributed by atoms with Crippen LogP contribution in [0.4, 0.5) is 0 Å². The SMILES string of the molecule is COc1ccc2c(c1)CC(N(Cc1ccccc1)CC(O)CCc1ccccc1)CCC2. The number of aliphatic hydroxyl groups excluding tert-OH is 1. The first-order valence-electron chi connectivity index (χ1n) is 11.9. The molecule has 0 saturated heterocycles. The second-order valence-electron chi connectivity index (χ2n) is 8.98. The Morgan fingerprint density at radius 3 is 2.38 bits per heavy atom. The number of hydrogen-bond acceptors (Lipinski definition) is 3. The molecular weight excluding hydrogens is 394 g/mol. The summed E-state index contributed by atoms with van der Waals surface area (Å²) in [6.07, 6.45) is 5.80. The minimum Gasteiger partial charge on any atom is -0.497 e. The number of nitrogens with zero attached hydrogens (tertiary/aromatic N) is 1. The van der Waals surface area contributed by atoms with Gasteiger partial charge in [-0.15, -0.1) is 0 Å². The molecule has 1 aliphatic carbocycles. The molecule has 2 unspecified atom stereocenters. The van der Waals surface area contributed by atoms with Crippen LogP contribution < -0.4 is 4.74 Å². The number of aryl methyl sites for hydroxylation is 2. The molecule has 0 saturated carbocycles. The van der Waals surface area contributed by atoms with Gasteiger partial charge >= 0.3 is 0 Å². The van der Waals surface area contributed by atoms with Crippen molar-refractivity contribution in [3.8, 4) is 5.75 Å². The Balaban J connectivity index is 1.49. The Hall–Kier alpha value is -2.62. The molecule has 0 fully saturated rings. The first-order chi connectivity index (χ1) is 15.7. The average molecular weight is 430 g/mol. The molecule has 0 heterocycles. The summed E-state index contributed by atoms with van der Waals surface area (Å²) in [6, 6.07) is 28.1. The lowest BCUT2D eigenvalue weighted by Crippen LogP contribution is -2.41. The molecule has 0 aromatic heterocycles. The molecule has 0 radical (unpaired) electrons. The normalized spacial score (nSPS) is 16.9. The molecule has 1 N–H and O–H groups in total. The summed E-state index contributed by atoms with van der Waals surface area (Å²) in [6.45, 7) is 1.57. The van der Waals surface area contributed by atoms with E-state index in [2.05, 4.69) is 77.7 Å². The lowest BCUT2D eigenvalue weighted by molar-refractivity contribution is 0.0731. The van der Waals surface area contributed by atoms with Gasteiger partial charge in [-0.25, -0.2) is 0 Å². The second kappa shape index (κ2) is 11.3. The molecule has 3 heteroatoms. The molecule has 4 rings (SSSR count). The minimum absolute atomic E-state index is 0.341. The Bertz CT molecular complexity index is 957. The van der Waals surface area contributed by atoms with Crippen LogP contribution in [0.5, 0.6) is 5.75 Å². The van der Waals surface area contributed by atoms with E-state index in [1.54, 1.807) is 7.11 Å². The largest absolute Gasteiger partial charge is 0.497 e. The van der Waals surface area contributed by atoms with Crippen molar-refractivity contribution in [1.29, 1.82) is 0 Å². The summed E-state index contributed by atoms with van der Waals surface area (Å²) in [7, 11) is 1.74. The van der Waals surface area contributed by atoms with E-state index in [0.29, 0.717) is 12.6 Å². The van der Waals surface area contributed by atoms with Crippen molar-refractivity contribution in [2.45, 2.75) is 57.2 Å². The van der Waals surface area contributed by atoms with Crippen molar-refractivity contribution in [3.63, 3.8) is 0 Å². The van der Waals surface area contributed by atoms with E-state index < -0.39 is 0 Å². The Morgan fingerprint density at radius 1 is 0.938 bits per heavy atom. The average Bonchev–Trinajstić information content (AvgIpc) is 3.05. The molecule has 1 aliphatic rings. The fraction of sp³-hybridized carbons (Fsp3) is 0.379. The van der Waals surface area contributed by atoms with Gasteiger partial charge in [0.2, 0.25) is 0 Å². The number of benzene rings is 3. The van der Waals surface area contributed by atoms with Crippen molar-refractivity contribution < 1.29 is 9.84 Å². The number of hydrogen-bond donors (Lipinski definition) is 1. The van der Waals surface area contributed by atoms with E-state index in [-0.39, 0.29) is 6.10 Å². The third-order valence-electron chi connectivity index (χ3n) is 6.65. The maximum atomic E-state index is 11.0. The molecule has 0 amide bonds. The number of rotatable bonds is 9. The summed E-state index contributed by atoms with van der Waals surface area (Å²) < 4.78 is 5.50. The second-order valence-corrected chi connectivity index (χ2v) is 8.98. The van der Waals surface area contributed by atoms with Gasteiger partial charge in [0.05, 0.1) is 13.2 Å². The highest BCUT2D eigenvalue weighted by atomic mass is 16.5. The maximum Gasteiger partial charge on any atom is 0.119 e. The van der Waals surface area contributed by atoms with E-state index >= 15 is 0 Å². The van der Waals surface area contributed by atoms with Crippen molar-refractivity contribution in [3.05, 3.63) is 101 Å². The summed E-state index contributed by atoms with van der Waals surface area (Å²) in [4.78, 5) is 2.51. The van der Waals surface area contributed by atoms with E-state index in [0.717, 1.165) is 44.4 Å². The quantitative estimate of drug-likeness (QED) is 0.460. The lowest BCUT2D eigenvalue weighted by atomic mass is 9.99. The van der Waals surface area contributed by atoms with Crippen LogP contribution in [0.1, 0.15) is 41.5 Å². The van der Waals surface area contributed by atoms with Crippen molar-refractivity contribution in [1.82, 2.24) is 4.90 Å². The van der Waals surface area contributed by atoms with Gasteiger partial charge in [-0.3, -0.25) is 4.90 Å². The van der Waals surface area contributed by atoms with Crippen LogP contribution in [0.15, 0.2) is 78.9 Å². The van der Waals surface area contributed by atoms with Gasteiger partial charge in [0.15, 0.2) is 0 Å². The summed E-state index contributed by atoms with van der Waals surface area (Å²) in [5.74, 6) is 0.932. The number of aliphatic hydroxyl groups is 1. The summed E-state index contributed by atoms with van der Waals surface area (Å²) >= 11 is 0. The zero-order valence-electron chi connectivity index (χ0n) is 19.1. The Labute approximate surface area is 192 Å². The van der Waals surface area contributed by atoms with Crippen LogP contribution in [0.2, 0.25) is 0 Å². The zero-order chi connectivity index (χ0) is 22.2. The highest BCUT2D eigenvalue weighted by Crippen LogP contribution is 2.28.